The summed E-state index contributed by atoms with van der Waals surface area (Å²) in [5.74, 6) is 2.41. The van der Waals surface area contributed by atoms with Crippen LogP contribution in [0.4, 0.5) is 0 Å². The molecule has 0 saturated carbocycles. The standard InChI is InChI=1S/C17H27NO/c1-13(2)16-11-14(8-9-17(16)19-3)6-7-15-5-4-10-18-12-15/h8-9,11,13,15,18H,4-7,10,12H2,1-3H3. The van der Waals surface area contributed by atoms with E-state index in [9.17, 15) is 0 Å². The van der Waals surface area contributed by atoms with Gasteiger partial charge in [-0.15, -0.1) is 0 Å². The third kappa shape index (κ3) is 3.97. The lowest BCUT2D eigenvalue weighted by atomic mass is 9.91. The summed E-state index contributed by atoms with van der Waals surface area (Å²) >= 11 is 0. The minimum absolute atomic E-state index is 0.520. The summed E-state index contributed by atoms with van der Waals surface area (Å²) in [5, 5.41) is 3.50. The number of benzene rings is 1. The monoisotopic (exact) mass is 261 g/mol. The molecule has 0 aromatic heterocycles. The van der Waals surface area contributed by atoms with Crippen molar-refractivity contribution in [2.24, 2.45) is 5.92 Å². The van der Waals surface area contributed by atoms with E-state index in [0.717, 1.165) is 11.7 Å². The first-order valence-corrected chi connectivity index (χ1v) is 7.58. The maximum Gasteiger partial charge on any atom is 0.122 e. The molecule has 1 aromatic rings. The van der Waals surface area contributed by atoms with E-state index >= 15 is 0 Å². The molecular weight excluding hydrogens is 234 g/mol. The molecule has 0 amide bonds. The van der Waals surface area contributed by atoms with E-state index in [1.807, 2.05) is 0 Å². The topological polar surface area (TPSA) is 21.3 Å². The van der Waals surface area contributed by atoms with Gasteiger partial charge in [0.15, 0.2) is 0 Å². The molecule has 19 heavy (non-hydrogen) atoms. The molecule has 1 aliphatic rings. The predicted octanol–water partition coefficient (Wildman–Crippen LogP) is 3.75. The Morgan fingerprint density at radius 1 is 1.37 bits per heavy atom. The maximum absolute atomic E-state index is 5.45. The van der Waals surface area contributed by atoms with Crippen molar-refractivity contribution in [1.82, 2.24) is 5.32 Å². The Morgan fingerprint density at radius 2 is 2.21 bits per heavy atom. The van der Waals surface area contributed by atoms with E-state index in [2.05, 4.69) is 37.4 Å². The van der Waals surface area contributed by atoms with Gasteiger partial charge < -0.3 is 10.1 Å². The molecule has 0 aliphatic carbocycles. The second kappa shape index (κ2) is 6.95. The highest BCUT2D eigenvalue weighted by molar-refractivity contribution is 5.39. The zero-order chi connectivity index (χ0) is 13.7. The van der Waals surface area contributed by atoms with Crippen LogP contribution in [-0.4, -0.2) is 20.2 Å². The Labute approximate surface area is 117 Å². The van der Waals surface area contributed by atoms with Gasteiger partial charge in [-0.05, 0) is 67.8 Å². The lowest BCUT2D eigenvalue weighted by Gasteiger charge is -2.22. The van der Waals surface area contributed by atoms with Crippen LogP contribution in [0.25, 0.3) is 0 Å². The highest BCUT2D eigenvalue weighted by Crippen LogP contribution is 2.28. The molecule has 1 aliphatic heterocycles. The fourth-order valence-corrected chi connectivity index (χ4v) is 2.93. The Balaban J connectivity index is 1.98. The number of hydrogen-bond acceptors (Lipinski definition) is 2. The Hall–Kier alpha value is -1.02. The number of piperidine rings is 1. The van der Waals surface area contributed by atoms with Crippen molar-refractivity contribution in [1.29, 1.82) is 0 Å². The first-order valence-electron chi connectivity index (χ1n) is 7.58. The van der Waals surface area contributed by atoms with Gasteiger partial charge in [0.2, 0.25) is 0 Å². The molecule has 1 atom stereocenters. The lowest BCUT2D eigenvalue weighted by Crippen LogP contribution is -2.29. The SMILES string of the molecule is COc1ccc(CCC2CCCNC2)cc1C(C)C. The summed E-state index contributed by atoms with van der Waals surface area (Å²) < 4.78 is 5.45. The number of aryl methyl sites for hydroxylation is 1. The first kappa shape index (κ1) is 14.4. The Kier molecular flexibility index (Phi) is 5.26. The van der Waals surface area contributed by atoms with Gasteiger partial charge in [0.1, 0.15) is 5.75 Å². The van der Waals surface area contributed by atoms with E-state index in [1.165, 1.54) is 49.9 Å². The minimum atomic E-state index is 0.520. The van der Waals surface area contributed by atoms with Crippen molar-refractivity contribution in [2.45, 2.75) is 45.4 Å². The lowest BCUT2D eigenvalue weighted by molar-refractivity contribution is 0.358. The largest absolute Gasteiger partial charge is 0.496 e. The van der Waals surface area contributed by atoms with Crippen LogP contribution in [0.2, 0.25) is 0 Å². The predicted molar refractivity (Wildman–Crippen MR) is 81.0 cm³/mol. The molecule has 1 heterocycles. The van der Waals surface area contributed by atoms with E-state index in [0.29, 0.717) is 5.92 Å². The average Bonchev–Trinajstić information content (AvgIpc) is 2.46. The average molecular weight is 261 g/mol. The molecule has 2 nitrogen and oxygen atoms in total. The number of methoxy groups -OCH3 is 1. The number of hydrogen-bond donors (Lipinski definition) is 1. The van der Waals surface area contributed by atoms with Gasteiger partial charge >= 0.3 is 0 Å². The van der Waals surface area contributed by atoms with Gasteiger partial charge in [-0.2, -0.15) is 0 Å². The molecule has 2 rings (SSSR count). The quantitative estimate of drug-likeness (QED) is 0.871. The van der Waals surface area contributed by atoms with E-state index in [4.69, 9.17) is 4.74 Å². The van der Waals surface area contributed by atoms with Gasteiger partial charge in [0, 0.05) is 0 Å². The van der Waals surface area contributed by atoms with Gasteiger partial charge in [-0.3, -0.25) is 0 Å². The van der Waals surface area contributed by atoms with Crippen LogP contribution >= 0.6 is 0 Å². The fourth-order valence-electron chi connectivity index (χ4n) is 2.93. The van der Waals surface area contributed by atoms with Crippen molar-refractivity contribution in [2.75, 3.05) is 20.2 Å². The van der Waals surface area contributed by atoms with Gasteiger partial charge in [0.25, 0.3) is 0 Å². The Bertz CT molecular complexity index is 394. The van der Waals surface area contributed by atoms with E-state index in [1.54, 1.807) is 7.11 Å². The highest BCUT2D eigenvalue weighted by Gasteiger charge is 2.13. The molecule has 1 saturated heterocycles. The number of rotatable bonds is 5. The van der Waals surface area contributed by atoms with Crippen LogP contribution < -0.4 is 10.1 Å². The third-order valence-electron chi connectivity index (χ3n) is 4.16. The molecule has 2 heteroatoms. The summed E-state index contributed by atoms with van der Waals surface area (Å²) in [7, 11) is 1.76. The highest BCUT2D eigenvalue weighted by atomic mass is 16.5. The summed E-state index contributed by atoms with van der Waals surface area (Å²) in [5.41, 5.74) is 2.79. The number of nitrogens with one attached hydrogen (secondary N) is 1. The maximum atomic E-state index is 5.45. The van der Waals surface area contributed by atoms with Crippen molar-refractivity contribution in [3.05, 3.63) is 29.3 Å². The molecule has 1 aromatic carbocycles. The molecule has 0 bridgehead atoms. The summed E-state index contributed by atoms with van der Waals surface area (Å²) in [6.45, 7) is 6.86. The normalized spacial score (nSPS) is 19.7. The number of ether oxygens (including phenoxy) is 1. The zero-order valence-electron chi connectivity index (χ0n) is 12.5. The third-order valence-corrected chi connectivity index (χ3v) is 4.16. The fraction of sp³-hybridized carbons (Fsp3) is 0.647. The molecular formula is C17H27NO. The van der Waals surface area contributed by atoms with E-state index < -0.39 is 0 Å². The van der Waals surface area contributed by atoms with Crippen LogP contribution in [-0.2, 0) is 6.42 Å². The van der Waals surface area contributed by atoms with Crippen molar-refractivity contribution < 1.29 is 4.74 Å². The van der Waals surface area contributed by atoms with Crippen LogP contribution in [0.1, 0.15) is 50.2 Å². The van der Waals surface area contributed by atoms with Gasteiger partial charge in [-0.1, -0.05) is 26.0 Å². The van der Waals surface area contributed by atoms with Crippen molar-refractivity contribution in [3.63, 3.8) is 0 Å². The molecule has 0 spiro atoms. The molecule has 1 unspecified atom stereocenters. The molecule has 0 radical (unpaired) electrons. The first-order chi connectivity index (χ1) is 9.20. The summed E-state index contributed by atoms with van der Waals surface area (Å²) in [4.78, 5) is 0. The Morgan fingerprint density at radius 3 is 2.84 bits per heavy atom. The smallest absolute Gasteiger partial charge is 0.122 e. The minimum Gasteiger partial charge on any atom is -0.496 e. The summed E-state index contributed by atoms with van der Waals surface area (Å²) in [6.07, 6.45) is 5.22. The van der Waals surface area contributed by atoms with Crippen LogP contribution in [0.3, 0.4) is 0 Å². The second-order valence-electron chi connectivity index (χ2n) is 5.98. The van der Waals surface area contributed by atoms with Crippen molar-refractivity contribution in [3.8, 4) is 5.75 Å². The van der Waals surface area contributed by atoms with Gasteiger partial charge in [-0.25, -0.2) is 0 Å². The zero-order valence-corrected chi connectivity index (χ0v) is 12.5. The second-order valence-corrected chi connectivity index (χ2v) is 5.98. The molecule has 1 N–H and O–H groups in total. The molecule has 1 fully saturated rings. The summed E-state index contributed by atoms with van der Waals surface area (Å²) in [6, 6.07) is 6.69. The van der Waals surface area contributed by atoms with Crippen LogP contribution in [0.5, 0.6) is 5.75 Å². The van der Waals surface area contributed by atoms with Crippen molar-refractivity contribution >= 4 is 0 Å². The van der Waals surface area contributed by atoms with Crippen LogP contribution in [0.15, 0.2) is 18.2 Å². The van der Waals surface area contributed by atoms with E-state index in [-0.39, 0.29) is 0 Å². The molecule has 106 valence electrons. The van der Waals surface area contributed by atoms with Crippen LogP contribution in [0, 0.1) is 5.92 Å². The van der Waals surface area contributed by atoms with Gasteiger partial charge in [0.05, 0.1) is 7.11 Å².